The molecule has 0 aliphatic rings. The molecule has 218 valence electrons. The molecule has 0 saturated carbocycles. The van der Waals surface area contributed by atoms with E-state index >= 15 is 0 Å². The Morgan fingerprint density at radius 2 is 1.24 bits per heavy atom. The molecule has 0 aromatic rings. The van der Waals surface area contributed by atoms with Gasteiger partial charge in [0.15, 0.2) is 0 Å². The zero-order valence-electron chi connectivity index (χ0n) is 21.2. The zero-order valence-corrected chi connectivity index (χ0v) is 21.2. The van der Waals surface area contributed by atoms with E-state index in [9.17, 15) is 53.9 Å². The fraction of sp³-hybridized carbons (Fsp3) is 0.864. The van der Waals surface area contributed by atoms with Gasteiger partial charge in [-0.15, -0.1) is 0 Å². The normalized spacial score (nSPS) is 15.2. The lowest BCUT2D eigenvalue weighted by Crippen LogP contribution is -2.61. The van der Waals surface area contributed by atoms with Crippen LogP contribution in [0, 0.1) is 16.7 Å². The summed E-state index contributed by atoms with van der Waals surface area (Å²) >= 11 is 0. The van der Waals surface area contributed by atoms with Crippen LogP contribution in [0.1, 0.15) is 67.2 Å². The number of alkyl halides is 9. The molecule has 15 heteroatoms. The number of carbonyl (C=O) groups excluding carboxylic acids is 3. The van der Waals surface area contributed by atoms with Crippen LogP contribution in [0.5, 0.6) is 0 Å². The minimum absolute atomic E-state index is 0.168. The largest absolute Gasteiger partial charge is 0.465 e. The van der Waals surface area contributed by atoms with E-state index in [1.54, 1.807) is 20.8 Å². The van der Waals surface area contributed by atoms with Gasteiger partial charge in [0.2, 0.25) is 6.79 Å². The van der Waals surface area contributed by atoms with Crippen LogP contribution in [0.3, 0.4) is 0 Å². The Labute approximate surface area is 208 Å². The zero-order chi connectivity index (χ0) is 29.7. The highest BCUT2D eigenvalue weighted by Crippen LogP contribution is 2.54. The summed E-state index contributed by atoms with van der Waals surface area (Å²) in [5.74, 6) is -23.7. The number of hydrogen-bond acceptors (Lipinski definition) is 6. The second-order valence-corrected chi connectivity index (χ2v) is 9.83. The third-order valence-electron chi connectivity index (χ3n) is 6.13. The molecule has 0 aliphatic heterocycles. The lowest BCUT2D eigenvalue weighted by molar-refractivity contribution is -0.397. The average molecular weight is 562 g/mol. The van der Waals surface area contributed by atoms with Crippen molar-refractivity contribution in [3.8, 4) is 0 Å². The van der Waals surface area contributed by atoms with Crippen molar-refractivity contribution < 1.29 is 68.1 Å². The maximum Gasteiger partial charge on any atom is 0.460 e. The van der Waals surface area contributed by atoms with Crippen molar-refractivity contribution in [2.45, 2.75) is 91.2 Å². The van der Waals surface area contributed by atoms with Crippen molar-refractivity contribution in [3.63, 3.8) is 0 Å². The quantitative estimate of drug-likeness (QED) is 0.107. The molecule has 0 rings (SSSR count). The number of carbonyl (C=O) groups is 3. The summed E-state index contributed by atoms with van der Waals surface area (Å²) in [6, 6.07) is 0. The summed E-state index contributed by atoms with van der Waals surface area (Å²) in [6.07, 6.45) is -9.45. The lowest BCUT2D eigenvalue weighted by Gasteiger charge is -2.38. The maximum atomic E-state index is 13.4. The SMILES string of the molecule is CCC(C)(C)CC(C)(C(=O)OCOC(=O)CC(=O)OCCC(F)(F)C(F)(F)C(F)(F)C(F)(F)F)C(C)C. The molecule has 37 heavy (non-hydrogen) atoms. The Morgan fingerprint density at radius 3 is 1.68 bits per heavy atom. The van der Waals surface area contributed by atoms with Crippen LogP contribution in [-0.2, 0) is 28.6 Å². The fourth-order valence-corrected chi connectivity index (χ4v) is 3.02. The van der Waals surface area contributed by atoms with Gasteiger partial charge in [-0.2, -0.15) is 39.5 Å². The van der Waals surface area contributed by atoms with Crippen LogP contribution in [0.2, 0.25) is 0 Å². The van der Waals surface area contributed by atoms with E-state index in [1.165, 1.54) is 0 Å². The standard InChI is InChI=1S/C22H31F9O6/c1-7-17(4,5)11-18(6,13(2)3)16(34)37-12-36-15(33)10-14(32)35-9-8-19(23,24)20(25,26)21(27,28)22(29,30)31/h13H,7-12H2,1-6H3. The molecule has 0 aromatic carbocycles. The summed E-state index contributed by atoms with van der Waals surface area (Å²) in [4.78, 5) is 35.7. The molecule has 6 nitrogen and oxygen atoms in total. The van der Waals surface area contributed by atoms with Crippen LogP contribution in [-0.4, -0.2) is 55.3 Å². The van der Waals surface area contributed by atoms with E-state index in [2.05, 4.69) is 9.47 Å². The van der Waals surface area contributed by atoms with Gasteiger partial charge in [-0.05, 0) is 24.7 Å². The van der Waals surface area contributed by atoms with Gasteiger partial charge in [-0.3, -0.25) is 14.4 Å². The summed E-state index contributed by atoms with van der Waals surface area (Å²) in [5.41, 5.74) is -1.18. The Morgan fingerprint density at radius 1 is 0.757 bits per heavy atom. The van der Waals surface area contributed by atoms with E-state index < -0.39 is 73.5 Å². The second-order valence-electron chi connectivity index (χ2n) is 9.83. The maximum absolute atomic E-state index is 13.4. The number of halogens is 9. The third-order valence-corrected chi connectivity index (χ3v) is 6.13. The van der Waals surface area contributed by atoms with Gasteiger partial charge in [0.05, 0.1) is 18.4 Å². The molecule has 1 atom stereocenters. The highest BCUT2D eigenvalue weighted by Gasteiger charge is 2.81. The molecule has 0 aromatic heterocycles. The van der Waals surface area contributed by atoms with E-state index in [4.69, 9.17) is 4.74 Å². The monoisotopic (exact) mass is 562 g/mol. The number of hydrogen-bond donors (Lipinski definition) is 0. The molecule has 0 bridgehead atoms. The molecule has 0 spiro atoms. The third kappa shape index (κ3) is 8.66. The van der Waals surface area contributed by atoms with E-state index in [0.717, 1.165) is 6.42 Å². The van der Waals surface area contributed by atoms with Crippen molar-refractivity contribution in [1.29, 1.82) is 0 Å². The minimum Gasteiger partial charge on any atom is -0.465 e. The first-order valence-corrected chi connectivity index (χ1v) is 11.1. The summed E-state index contributed by atoms with van der Waals surface area (Å²) < 4.78 is 128. The Kier molecular flexibility index (Phi) is 11.4. The highest BCUT2D eigenvalue weighted by atomic mass is 19.4. The fourth-order valence-electron chi connectivity index (χ4n) is 3.02. The average Bonchev–Trinajstić information content (AvgIpc) is 2.71. The van der Waals surface area contributed by atoms with Crippen LogP contribution in [0.4, 0.5) is 39.5 Å². The number of rotatable bonds is 14. The van der Waals surface area contributed by atoms with Crippen LogP contribution in [0.15, 0.2) is 0 Å². The highest BCUT2D eigenvalue weighted by molar-refractivity contribution is 5.91. The second kappa shape index (κ2) is 12.1. The Hall–Kier alpha value is -2.22. The summed E-state index contributed by atoms with van der Waals surface area (Å²) in [6.45, 7) is 8.46. The van der Waals surface area contributed by atoms with E-state index in [1.807, 2.05) is 20.8 Å². The van der Waals surface area contributed by atoms with Crippen molar-refractivity contribution in [3.05, 3.63) is 0 Å². The van der Waals surface area contributed by atoms with Gasteiger partial charge in [0.25, 0.3) is 0 Å². The van der Waals surface area contributed by atoms with Gasteiger partial charge in [-0.1, -0.05) is 41.0 Å². The first-order chi connectivity index (χ1) is 16.4. The van der Waals surface area contributed by atoms with E-state index in [-0.39, 0.29) is 11.3 Å². The van der Waals surface area contributed by atoms with Crippen molar-refractivity contribution in [2.24, 2.45) is 16.7 Å². The van der Waals surface area contributed by atoms with Crippen molar-refractivity contribution >= 4 is 17.9 Å². The van der Waals surface area contributed by atoms with Crippen molar-refractivity contribution in [2.75, 3.05) is 13.4 Å². The first-order valence-electron chi connectivity index (χ1n) is 11.1. The minimum atomic E-state index is -7.06. The molecule has 0 fully saturated rings. The van der Waals surface area contributed by atoms with Gasteiger partial charge >= 0.3 is 41.9 Å². The van der Waals surface area contributed by atoms with Gasteiger partial charge in [-0.25, -0.2) is 0 Å². The summed E-state index contributed by atoms with van der Waals surface area (Å²) in [5, 5.41) is 0. The van der Waals surface area contributed by atoms with Crippen LogP contribution < -0.4 is 0 Å². The lowest BCUT2D eigenvalue weighted by atomic mass is 9.67. The molecule has 0 aliphatic carbocycles. The molecule has 1 unspecified atom stereocenters. The molecular formula is C22H31F9O6. The van der Waals surface area contributed by atoms with Crippen molar-refractivity contribution in [1.82, 2.24) is 0 Å². The molecule has 0 heterocycles. The number of esters is 3. The van der Waals surface area contributed by atoms with Gasteiger partial charge in [0.1, 0.15) is 6.42 Å². The summed E-state index contributed by atoms with van der Waals surface area (Å²) in [7, 11) is 0. The Balaban J connectivity index is 4.81. The molecule has 0 N–H and O–H groups in total. The first kappa shape index (κ1) is 34.8. The predicted molar refractivity (Wildman–Crippen MR) is 110 cm³/mol. The molecule has 0 amide bonds. The predicted octanol–water partition coefficient (Wildman–Crippen LogP) is 6.31. The Bertz CT molecular complexity index is 809. The topological polar surface area (TPSA) is 78.9 Å². The smallest absolute Gasteiger partial charge is 0.460 e. The molecule has 0 radical (unpaired) electrons. The van der Waals surface area contributed by atoms with Gasteiger partial charge in [0, 0.05) is 0 Å². The number of ether oxygens (including phenoxy) is 3. The van der Waals surface area contributed by atoms with Crippen LogP contribution in [0.25, 0.3) is 0 Å². The van der Waals surface area contributed by atoms with Crippen LogP contribution >= 0.6 is 0 Å². The van der Waals surface area contributed by atoms with Gasteiger partial charge < -0.3 is 14.2 Å². The van der Waals surface area contributed by atoms with E-state index in [0.29, 0.717) is 6.42 Å². The molecular weight excluding hydrogens is 531 g/mol. The molecule has 0 saturated heterocycles.